The fourth-order valence-electron chi connectivity index (χ4n) is 0.901. The van der Waals surface area contributed by atoms with E-state index in [1.165, 1.54) is 0 Å². The second kappa shape index (κ2) is 11.4. The summed E-state index contributed by atoms with van der Waals surface area (Å²) in [6, 6.07) is 0. The molecule has 1 N–H and O–H groups in total. The van der Waals surface area contributed by atoms with E-state index in [4.69, 9.17) is 4.74 Å². The molecule has 0 aliphatic rings. The predicted octanol–water partition coefficient (Wildman–Crippen LogP) is 1.82. The van der Waals surface area contributed by atoms with Crippen LogP contribution in [0.3, 0.4) is 0 Å². The van der Waals surface area contributed by atoms with E-state index in [-0.39, 0.29) is 11.9 Å². The Balaban J connectivity index is 0. The molecule has 0 heterocycles. The fourth-order valence-corrected chi connectivity index (χ4v) is 0.901. The first-order valence-electron chi connectivity index (χ1n) is 5.07. The molecule has 0 aromatic carbocycles. The van der Waals surface area contributed by atoms with Gasteiger partial charge in [0.05, 0.1) is 12.5 Å². The van der Waals surface area contributed by atoms with Gasteiger partial charge in [-0.15, -0.1) is 0 Å². The number of rotatable bonds is 5. The Labute approximate surface area is 81.9 Å². The van der Waals surface area contributed by atoms with Crippen LogP contribution in [0.1, 0.15) is 34.1 Å². The molecule has 3 heteroatoms. The maximum Gasteiger partial charge on any atom is 0.310 e. The summed E-state index contributed by atoms with van der Waals surface area (Å²) in [5, 5.41) is 2.96. The van der Waals surface area contributed by atoms with E-state index in [0.717, 1.165) is 6.42 Å². The van der Waals surface area contributed by atoms with Crippen molar-refractivity contribution in [1.82, 2.24) is 5.32 Å². The number of ether oxygens (including phenoxy) is 1. The van der Waals surface area contributed by atoms with Crippen LogP contribution < -0.4 is 5.32 Å². The summed E-state index contributed by atoms with van der Waals surface area (Å²) in [6.07, 6.45) is 0.833. The van der Waals surface area contributed by atoms with Gasteiger partial charge in [-0.25, -0.2) is 0 Å². The summed E-state index contributed by atoms with van der Waals surface area (Å²) in [5.74, 6) is -0.0794. The predicted molar refractivity (Wildman–Crippen MR) is 55.7 cm³/mol. The zero-order valence-corrected chi connectivity index (χ0v) is 9.52. The number of nitrogens with one attached hydrogen (secondary N) is 1. The monoisotopic (exact) mass is 189 g/mol. The quantitative estimate of drug-likeness (QED) is 0.670. The van der Waals surface area contributed by atoms with E-state index >= 15 is 0 Å². The normalized spacial score (nSPS) is 11.2. The first-order chi connectivity index (χ1) is 6.26. The van der Waals surface area contributed by atoms with Crippen LogP contribution in [-0.4, -0.2) is 26.2 Å². The molecule has 0 saturated heterocycles. The number of hydrogen-bond donors (Lipinski definition) is 1. The van der Waals surface area contributed by atoms with E-state index in [1.807, 2.05) is 34.7 Å². The average molecular weight is 189 g/mol. The average Bonchev–Trinajstić information content (AvgIpc) is 2.17. The first-order valence-corrected chi connectivity index (χ1v) is 5.07. The van der Waals surface area contributed by atoms with Crippen LogP contribution in [-0.2, 0) is 9.53 Å². The van der Waals surface area contributed by atoms with Gasteiger partial charge in [-0.1, -0.05) is 20.8 Å². The molecule has 0 bridgehead atoms. The summed E-state index contributed by atoms with van der Waals surface area (Å²) < 4.78 is 4.87. The zero-order valence-electron chi connectivity index (χ0n) is 9.52. The Bertz CT molecular complexity index is 115. The van der Waals surface area contributed by atoms with Gasteiger partial charge in [-0.3, -0.25) is 4.79 Å². The van der Waals surface area contributed by atoms with Crippen molar-refractivity contribution in [3.8, 4) is 0 Å². The molecule has 0 fully saturated rings. The molecule has 0 aromatic heterocycles. The highest BCUT2D eigenvalue weighted by molar-refractivity contribution is 5.72. The highest BCUT2D eigenvalue weighted by Crippen LogP contribution is 2.02. The second-order valence-corrected chi connectivity index (χ2v) is 2.41. The van der Waals surface area contributed by atoms with Crippen molar-refractivity contribution in [1.29, 1.82) is 0 Å². The van der Waals surface area contributed by atoms with Crippen molar-refractivity contribution in [3.05, 3.63) is 0 Å². The summed E-state index contributed by atoms with van der Waals surface area (Å²) >= 11 is 0. The Morgan fingerprint density at radius 2 is 1.92 bits per heavy atom. The topological polar surface area (TPSA) is 38.3 Å². The first kappa shape index (κ1) is 14.9. The van der Waals surface area contributed by atoms with Gasteiger partial charge in [0.25, 0.3) is 0 Å². The molecule has 0 saturated carbocycles. The van der Waals surface area contributed by atoms with Crippen molar-refractivity contribution < 1.29 is 9.53 Å². The molecule has 0 aromatic rings. The standard InChI is InChI=1S/C8H17NO2.C2H6/c1-4-7(6-9-3)8(10)11-5-2;1-2/h7,9H,4-6H2,1-3H3;1-2H3. The number of carbonyl (C=O) groups excluding carboxylic acids is 1. The maximum absolute atomic E-state index is 11.1. The summed E-state index contributed by atoms with van der Waals surface area (Å²) in [4.78, 5) is 11.1. The van der Waals surface area contributed by atoms with Crippen molar-refractivity contribution in [3.63, 3.8) is 0 Å². The molecule has 3 nitrogen and oxygen atoms in total. The molecule has 13 heavy (non-hydrogen) atoms. The van der Waals surface area contributed by atoms with Gasteiger partial charge in [0, 0.05) is 6.54 Å². The third-order valence-electron chi connectivity index (χ3n) is 1.56. The van der Waals surface area contributed by atoms with Gasteiger partial charge >= 0.3 is 5.97 Å². The van der Waals surface area contributed by atoms with E-state index in [9.17, 15) is 4.79 Å². The smallest absolute Gasteiger partial charge is 0.310 e. The number of hydrogen-bond acceptors (Lipinski definition) is 3. The molecular formula is C10H23NO2. The van der Waals surface area contributed by atoms with Crippen LogP contribution in [0, 0.1) is 5.92 Å². The summed E-state index contributed by atoms with van der Waals surface area (Å²) in [7, 11) is 1.84. The third-order valence-corrected chi connectivity index (χ3v) is 1.56. The number of carbonyl (C=O) groups is 1. The lowest BCUT2D eigenvalue weighted by Gasteiger charge is -2.11. The van der Waals surface area contributed by atoms with Gasteiger partial charge in [0.2, 0.25) is 0 Å². The Kier molecular flexibility index (Phi) is 13.1. The molecule has 0 rings (SSSR count). The van der Waals surface area contributed by atoms with Gasteiger partial charge in [0.1, 0.15) is 0 Å². The molecule has 0 aliphatic carbocycles. The van der Waals surface area contributed by atoms with Crippen LogP contribution in [0.4, 0.5) is 0 Å². The molecule has 0 aliphatic heterocycles. The molecule has 0 radical (unpaired) electrons. The molecule has 1 atom stereocenters. The highest BCUT2D eigenvalue weighted by atomic mass is 16.5. The lowest BCUT2D eigenvalue weighted by atomic mass is 10.1. The van der Waals surface area contributed by atoms with Crippen molar-refractivity contribution in [2.24, 2.45) is 5.92 Å². The Morgan fingerprint density at radius 3 is 2.23 bits per heavy atom. The largest absolute Gasteiger partial charge is 0.466 e. The summed E-state index contributed by atoms with van der Waals surface area (Å²) in [6.45, 7) is 8.98. The van der Waals surface area contributed by atoms with Crippen LogP contribution in [0.15, 0.2) is 0 Å². The SMILES string of the molecule is CC.CCOC(=O)C(CC)CNC. The number of esters is 1. The van der Waals surface area contributed by atoms with E-state index in [1.54, 1.807) is 0 Å². The highest BCUT2D eigenvalue weighted by Gasteiger charge is 2.15. The van der Waals surface area contributed by atoms with Gasteiger partial charge in [0.15, 0.2) is 0 Å². The minimum Gasteiger partial charge on any atom is -0.466 e. The second-order valence-electron chi connectivity index (χ2n) is 2.41. The summed E-state index contributed by atoms with van der Waals surface area (Å²) in [5.41, 5.74) is 0. The zero-order chi connectivity index (χ0) is 10.7. The van der Waals surface area contributed by atoms with Crippen LogP contribution in [0.25, 0.3) is 0 Å². The van der Waals surface area contributed by atoms with Crippen LogP contribution in [0.2, 0.25) is 0 Å². The van der Waals surface area contributed by atoms with Gasteiger partial charge in [-0.05, 0) is 20.4 Å². The van der Waals surface area contributed by atoms with Gasteiger partial charge < -0.3 is 10.1 Å². The van der Waals surface area contributed by atoms with Crippen molar-refractivity contribution >= 4 is 5.97 Å². The van der Waals surface area contributed by atoms with E-state index in [2.05, 4.69) is 5.32 Å². The third kappa shape index (κ3) is 7.78. The fraction of sp³-hybridized carbons (Fsp3) is 0.900. The lowest BCUT2D eigenvalue weighted by molar-refractivity contribution is -0.147. The minimum absolute atomic E-state index is 0.0138. The van der Waals surface area contributed by atoms with Crippen molar-refractivity contribution in [2.45, 2.75) is 34.1 Å². The van der Waals surface area contributed by atoms with Crippen LogP contribution in [0.5, 0.6) is 0 Å². The molecular weight excluding hydrogens is 166 g/mol. The molecule has 1 unspecified atom stereocenters. The van der Waals surface area contributed by atoms with Gasteiger partial charge in [-0.2, -0.15) is 0 Å². The Hall–Kier alpha value is -0.570. The Morgan fingerprint density at radius 1 is 1.38 bits per heavy atom. The molecule has 0 amide bonds. The lowest BCUT2D eigenvalue weighted by Crippen LogP contribution is -2.27. The van der Waals surface area contributed by atoms with Crippen molar-refractivity contribution in [2.75, 3.05) is 20.2 Å². The van der Waals surface area contributed by atoms with Crippen LogP contribution >= 0.6 is 0 Å². The molecule has 0 spiro atoms. The maximum atomic E-state index is 11.1. The minimum atomic E-state index is -0.0932. The molecule has 80 valence electrons. The van der Waals surface area contributed by atoms with E-state index in [0.29, 0.717) is 13.2 Å². The van der Waals surface area contributed by atoms with E-state index < -0.39 is 0 Å².